The number of piperidine rings is 1. The number of carbonyl (C=O) groups is 2. The zero-order chi connectivity index (χ0) is 18.0. The van der Waals surface area contributed by atoms with E-state index in [0.29, 0.717) is 18.2 Å². The summed E-state index contributed by atoms with van der Waals surface area (Å²) in [4.78, 5) is 29.5. The van der Waals surface area contributed by atoms with Crippen LogP contribution in [0.15, 0.2) is 34.9 Å². The van der Waals surface area contributed by atoms with E-state index in [4.69, 9.17) is 10.2 Å². The molecule has 0 bridgehead atoms. The van der Waals surface area contributed by atoms with Crippen molar-refractivity contribution < 1.29 is 14.0 Å². The Hall–Kier alpha value is -2.83. The number of pyridine rings is 1. The average Bonchev–Trinajstić information content (AvgIpc) is 3.01. The summed E-state index contributed by atoms with van der Waals surface area (Å²) in [7, 11) is 0. The fraction of sp³-hybridized carbons (Fsp3) is 0.389. The number of nitrogens with one attached hydrogen (secondary N) is 1. The minimum atomic E-state index is -0.601. The number of nitrogens with zero attached hydrogens (tertiary/aromatic N) is 2. The molecule has 0 spiro atoms. The van der Waals surface area contributed by atoms with Crippen molar-refractivity contribution in [3.8, 4) is 0 Å². The predicted octanol–water partition coefficient (Wildman–Crippen LogP) is 3.09. The van der Waals surface area contributed by atoms with Gasteiger partial charge in [-0.15, -0.1) is 0 Å². The first-order valence-corrected chi connectivity index (χ1v) is 8.34. The third kappa shape index (κ3) is 3.81. The van der Waals surface area contributed by atoms with Gasteiger partial charge in [0, 0.05) is 6.54 Å². The molecule has 3 N–H and O–H groups in total. The number of hydrogen-bond acceptors (Lipinski definition) is 4. The van der Waals surface area contributed by atoms with E-state index < -0.39 is 5.91 Å². The van der Waals surface area contributed by atoms with Crippen molar-refractivity contribution in [2.75, 3.05) is 11.9 Å². The van der Waals surface area contributed by atoms with Gasteiger partial charge in [-0.05, 0) is 49.9 Å². The lowest BCUT2D eigenvalue weighted by Crippen LogP contribution is -2.42. The molecule has 1 aliphatic rings. The van der Waals surface area contributed by atoms with Crippen LogP contribution in [0, 0.1) is 12.8 Å². The van der Waals surface area contributed by atoms with Crippen molar-refractivity contribution in [2.24, 2.45) is 11.7 Å². The van der Waals surface area contributed by atoms with E-state index in [9.17, 15) is 9.59 Å². The highest BCUT2D eigenvalue weighted by atomic mass is 16.3. The van der Waals surface area contributed by atoms with Crippen LogP contribution >= 0.6 is 0 Å². The number of urea groups is 1. The highest BCUT2D eigenvalue weighted by Gasteiger charge is 2.33. The molecule has 2 unspecified atom stereocenters. The third-order valence-corrected chi connectivity index (χ3v) is 4.48. The molecule has 132 valence electrons. The van der Waals surface area contributed by atoms with Crippen molar-refractivity contribution in [2.45, 2.75) is 32.7 Å². The second-order valence-electron chi connectivity index (χ2n) is 6.51. The van der Waals surface area contributed by atoms with Crippen LogP contribution in [-0.2, 0) is 0 Å². The molecule has 3 rings (SSSR count). The number of anilines is 1. The average molecular weight is 342 g/mol. The first-order chi connectivity index (χ1) is 11.9. The molecule has 0 radical (unpaired) electrons. The van der Waals surface area contributed by atoms with E-state index >= 15 is 0 Å². The van der Waals surface area contributed by atoms with Crippen molar-refractivity contribution >= 4 is 17.6 Å². The van der Waals surface area contributed by atoms with Crippen LogP contribution in [0.1, 0.15) is 47.8 Å². The minimum Gasteiger partial charge on any atom is -0.464 e. The topological polar surface area (TPSA) is 101 Å². The first-order valence-electron chi connectivity index (χ1n) is 8.34. The fourth-order valence-electron chi connectivity index (χ4n) is 3.10. The zero-order valence-corrected chi connectivity index (χ0v) is 14.4. The minimum absolute atomic E-state index is 0.0877. The quantitative estimate of drug-likeness (QED) is 0.895. The van der Waals surface area contributed by atoms with Crippen molar-refractivity contribution in [3.05, 3.63) is 47.7 Å². The van der Waals surface area contributed by atoms with Gasteiger partial charge in [-0.3, -0.25) is 4.79 Å². The summed E-state index contributed by atoms with van der Waals surface area (Å²) in [6.45, 7) is 4.74. The molecule has 0 aromatic carbocycles. The lowest BCUT2D eigenvalue weighted by atomic mass is 9.91. The predicted molar refractivity (Wildman–Crippen MR) is 93.1 cm³/mol. The Bertz CT molecular complexity index is 769. The van der Waals surface area contributed by atoms with Crippen LogP contribution in [-0.4, -0.2) is 28.4 Å². The van der Waals surface area contributed by atoms with Crippen LogP contribution in [0.5, 0.6) is 0 Å². The number of carbonyl (C=O) groups excluding carboxylic acids is 2. The van der Waals surface area contributed by atoms with Gasteiger partial charge in [0.1, 0.15) is 17.2 Å². The summed E-state index contributed by atoms with van der Waals surface area (Å²) in [6.07, 6.45) is 3.23. The van der Waals surface area contributed by atoms with Gasteiger partial charge in [-0.2, -0.15) is 0 Å². The monoisotopic (exact) mass is 342 g/mol. The molecule has 0 saturated carbocycles. The number of aryl methyl sites for hydroxylation is 1. The molecule has 2 aromatic heterocycles. The Balaban J connectivity index is 1.75. The van der Waals surface area contributed by atoms with Crippen molar-refractivity contribution in [1.29, 1.82) is 0 Å². The zero-order valence-electron chi connectivity index (χ0n) is 14.4. The van der Waals surface area contributed by atoms with E-state index in [1.54, 1.807) is 11.0 Å². The summed E-state index contributed by atoms with van der Waals surface area (Å²) < 4.78 is 5.76. The third-order valence-electron chi connectivity index (χ3n) is 4.48. The number of aromatic nitrogens is 1. The molecule has 7 heteroatoms. The van der Waals surface area contributed by atoms with Crippen molar-refractivity contribution in [3.63, 3.8) is 0 Å². The van der Waals surface area contributed by atoms with Gasteiger partial charge >= 0.3 is 6.03 Å². The molecule has 3 heterocycles. The summed E-state index contributed by atoms with van der Waals surface area (Å²) in [5.41, 5.74) is 5.85. The lowest BCUT2D eigenvalue weighted by Gasteiger charge is -2.37. The Morgan fingerprint density at radius 2 is 2.12 bits per heavy atom. The van der Waals surface area contributed by atoms with Gasteiger partial charge in [-0.25, -0.2) is 9.78 Å². The van der Waals surface area contributed by atoms with E-state index in [2.05, 4.69) is 17.2 Å². The highest BCUT2D eigenvalue weighted by Crippen LogP contribution is 2.35. The van der Waals surface area contributed by atoms with Gasteiger partial charge in [0.25, 0.3) is 5.91 Å². The number of rotatable bonds is 3. The molecular weight excluding hydrogens is 320 g/mol. The summed E-state index contributed by atoms with van der Waals surface area (Å²) in [6, 6.07) is 6.65. The summed E-state index contributed by atoms with van der Waals surface area (Å²) in [5, 5.41) is 2.83. The van der Waals surface area contributed by atoms with Gasteiger partial charge in [0.05, 0.1) is 17.9 Å². The number of furan rings is 1. The molecule has 25 heavy (non-hydrogen) atoms. The van der Waals surface area contributed by atoms with E-state index in [1.807, 2.05) is 19.1 Å². The molecule has 1 aliphatic heterocycles. The highest BCUT2D eigenvalue weighted by molar-refractivity contribution is 5.92. The number of nitrogens with two attached hydrogens (primary N) is 1. The Morgan fingerprint density at radius 1 is 1.32 bits per heavy atom. The maximum atomic E-state index is 12.7. The van der Waals surface area contributed by atoms with Gasteiger partial charge < -0.3 is 20.4 Å². The van der Waals surface area contributed by atoms with Crippen LogP contribution < -0.4 is 11.1 Å². The van der Waals surface area contributed by atoms with E-state index in [1.165, 1.54) is 12.3 Å². The van der Waals surface area contributed by atoms with Crippen molar-refractivity contribution in [1.82, 2.24) is 9.88 Å². The maximum Gasteiger partial charge on any atom is 0.322 e. The van der Waals surface area contributed by atoms with E-state index in [-0.39, 0.29) is 17.8 Å². The van der Waals surface area contributed by atoms with Crippen LogP contribution in [0.4, 0.5) is 10.5 Å². The SMILES string of the molecule is Cc1ccc(C2CC(C)CCN2C(=O)Nc2ccc(C(N)=O)nc2)o1. The molecule has 1 saturated heterocycles. The molecule has 2 aromatic rings. The Labute approximate surface area is 146 Å². The van der Waals surface area contributed by atoms with Gasteiger partial charge in [-0.1, -0.05) is 6.92 Å². The molecular formula is C18H22N4O3. The van der Waals surface area contributed by atoms with Crippen LogP contribution in [0.2, 0.25) is 0 Å². The Kier molecular flexibility index (Phi) is 4.74. The molecule has 1 fully saturated rings. The number of hydrogen-bond donors (Lipinski definition) is 2. The molecule has 3 amide bonds. The standard InChI is InChI=1S/C18H22N4O3/c1-11-7-8-22(15(9-11)16-6-3-12(2)25-16)18(24)21-13-4-5-14(17(19)23)20-10-13/h3-6,10-11,15H,7-9H2,1-2H3,(H2,19,23)(H,21,24). The van der Waals surface area contributed by atoms with E-state index in [0.717, 1.165) is 24.4 Å². The molecule has 7 nitrogen and oxygen atoms in total. The lowest BCUT2D eigenvalue weighted by molar-refractivity contribution is 0.0995. The molecule has 0 aliphatic carbocycles. The number of likely N-dealkylation sites (tertiary alicyclic amines) is 1. The Morgan fingerprint density at radius 3 is 2.72 bits per heavy atom. The maximum absolute atomic E-state index is 12.7. The largest absolute Gasteiger partial charge is 0.464 e. The second kappa shape index (κ2) is 6.96. The summed E-state index contributed by atoms with van der Waals surface area (Å²) >= 11 is 0. The second-order valence-corrected chi connectivity index (χ2v) is 6.51. The first kappa shape index (κ1) is 17.0. The number of primary amides is 1. The normalized spacial score (nSPS) is 20.3. The summed E-state index contributed by atoms with van der Waals surface area (Å²) in [5.74, 6) is 1.56. The fourth-order valence-corrected chi connectivity index (χ4v) is 3.10. The van der Waals surface area contributed by atoms with Crippen LogP contribution in [0.25, 0.3) is 0 Å². The van der Waals surface area contributed by atoms with Gasteiger partial charge in [0.15, 0.2) is 0 Å². The smallest absolute Gasteiger partial charge is 0.322 e. The van der Waals surface area contributed by atoms with Gasteiger partial charge in [0.2, 0.25) is 0 Å². The van der Waals surface area contributed by atoms with Crippen LogP contribution in [0.3, 0.4) is 0 Å². The number of amides is 3. The molecule has 2 atom stereocenters.